The zero-order valence-corrected chi connectivity index (χ0v) is 16.4. The number of nitrogens with one attached hydrogen (secondary N) is 2. The Hall–Kier alpha value is -2.87. The predicted molar refractivity (Wildman–Crippen MR) is 110 cm³/mol. The van der Waals surface area contributed by atoms with Crippen LogP contribution in [0.3, 0.4) is 0 Å². The van der Waals surface area contributed by atoms with Crippen molar-refractivity contribution in [3.05, 3.63) is 59.7 Å². The third-order valence-electron chi connectivity index (χ3n) is 4.63. The van der Waals surface area contributed by atoms with Crippen LogP contribution >= 0.6 is 0 Å². The number of anilines is 1. The summed E-state index contributed by atoms with van der Waals surface area (Å²) in [5, 5.41) is 6.36. The third kappa shape index (κ3) is 6.32. The van der Waals surface area contributed by atoms with E-state index in [1.165, 1.54) is 11.8 Å². The quantitative estimate of drug-likeness (QED) is 0.549. The maximum atomic E-state index is 12.5. The Morgan fingerprint density at radius 2 is 1.76 bits per heavy atom. The summed E-state index contributed by atoms with van der Waals surface area (Å²) in [5.41, 5.74) is 2.94. The van der Waals surface area contributed by atoms with E-state index in [0.717, 1.165) is 31.9 Å². The Morgan fingerprint density at radius 3 is 2.45 bits per heavy atom. The fourth-order valence-electron chi connectivity index (χ4n) is 3.09. The van der Waals surface area contributed by atoms with Crippen molar-refractivity contribution in [3.63, 3.8) is 0 Å². The smallest absolute Gasteiger partial charge is 0.387 e. The molecule has 6 nitrogen and oxygen atoms in total. The molecule has 0 aromatic heterocycles. The number of halogens is 2. The summed E-state index contributed by atoms with van der Waals surface area (Å²) >= 11 is 0. The van der Waals surface area contributed by atoms with Gasteiger partial charge < -0.3 is 25.0 Å². The number of rotatable bonds is 7. The van der Waals surface area contributed by atoms with Crippen molar-refractivity contribution in [2.24, 2.45) is 4.99 Å². The topological polar surface area (TPSA) is 58.1 Å². The molecule has 0 aliphatic carbocycles. The summed E-state index contributed by atoms with van der Waals surface area (Å²) in [6.07, 6.45) is 0. The Bertz CT molecular complexity index is 794. The number of aliphatic imine (C=N–C) groups is 1. The van der Waals surface area contributed by atoms with Crippen LogP contribution in [-0.2, 0) is 17.8 Å². The third-order valence-corrected chi connectivity index (χ3v) is 4.63. The molecule has 1 aliphatic rings. The highest BCUT2D eigenvalue weighted by Gasteiger charge is 2.11. The molecule has 2 aromatic carbocycles. The fourth-order valence-corrected chi connectivity index (χ4v) is 3.09. The molecule has 1 fully saturated rings. The molecule has 0 saturated carbocycles. The molecule has 29 heavy (non-hydrogen) atoms. The highest BCUT2D eigenvalue weighted by Crippen LogP contribution is 2.20. The van der Waals surface area contributed by atoms with Crippen LogP contribution in [0.15, 0.2) is 53.5 Å². The van der Waals surface area contributed by atoms with E-state index in [1.54, 1.807) is 25.2 Å². The Balaban J connectivity index is 1.51. The minimum absolute atomic E-state index is 0.157. The van der Waals surface area contributed by atoms with Crippen LogP contribution in [0.4, 0.5) is 14.5 Å². The standard InChI is InChI=1S/C21H26F2N4O2/c1-24-21(26-15-17-4-2-3-5-19(17)29-20(22)23)25-14-16-6-8-18(9-7-16)27-10-12-28-13-11-27/h2-9,20H,10-15H2,1H3,(H2,24,25,26). The van der Waals surface area contributed by atoms with Crippen LogP contribution in [0.2, 0.25) is 0 Å². The van der Waals surface area contributed by atoms with Crippen molar-refractivity contribution in [2.45, 2.75) is 19.7 Å². The van der Waals surface area contributed by atoms with Gasteiger partial charge in [-0.2, -0.15) is 8.78 Å². The van der Waals surface area contributed by atoms with Gasteiger partial charge in [-0.15, -0.1) is 0 Å². The van der Waals surface area contributed by atoms with Crippen LogP contribution in [0.5, 0.6) is 5.75 Å². The van der Waals surface area contributed by atoms with Crippen molar-refractivity contribution in [2.75, 3.05) is 38.3 Å². The van der Waals surface area contributed by atoms with Gasteiger partial charge in [-0.05, 0) is 23.8 Å². The summed E-state index contributed by atoms with van der Waals surface area (Å²) in [5.74, 6) is 0.735. The first kappa shape index (κ1) is 20.9. The van der Waals surface area contributed by atoms with E-state index in [0.29, 0.717) is 24.6 Å². The molecule has 156 valence electrons. The number of para-hydroxylation sites is 1. The lowest BCUT2D eigenvalue weighted by molar-refractivity contribution is -0.0504. The van der Waals surface area contributed by atoms with Gasteiger partial charge >= 0.3 is 6.61 Å². The van der Waals surface area contributed by atoms with E-state index in [9.17, 15) is 8.78 Å². The second kappa shape index (κ2) is 10.6. The van der Waals surface area contributed by atoms with Crippen molar-refractivity contribution < 1.29 is 18.3 Å². The van der Waals surface area contributed by atoms with Crippen LogP contribution in [0, 0.1) is 0 Å². The molecule has 0 amide bonds. The molecule has 3 rings (SSSR count). The number of morpholine rings is 1. The second-order valence-electron chi connectivity index (χ2n) is 6.53. The minimum atomic E-state index is -2.85. The number of ether oxygens (including phenoxy) is 2. The molecule has 1 heterocycles. The molecule has 2 aromatic rings. The largest absolute Gasteiger partial charge is 0.434 e. The van der Waals surface area contributed by atoms with Gasteiger partial charge in [0.05, 0.1) is 13.2 Å². The number of benzene rings is 2. The number of alkyl halides is 2. The van der Waals surface area contributed by atoms with Gasteiger partial charge in [0.1, 0.15) is 5.75 Å². The van der Waals surface area contributed by atoms with Gasteiger partial charge in [0.25, 0.3) is 0 Å². The number of nitrogens with zero attached hydrogens (tertiary/aromatic N) is 2. The molecule has 1 aliphatic heterocycles. The average Bonchev–Trinajstić information content (AvgIpc) is 2.75. The lowest BCUT2D eigenvalue weighted by Gasteiger charge is -2.28. The van der Waals surface area contributed by atoms with Crippen LogP contribution in [0.25, 0.3) is 0 Å². The monoisotopic (exact) mass is 404 g/mol. The first-order valence-corrected chi connectivity index (χ1v) is 9.54. The zero-order valence-electron chi connectivity index (χ0n) is 16.4. The van der Waals surface area contributed by atoms with Gasteiger partial charge in [0.2, 0.25) is 0 Å². The van der Waals surface area contributed by atoms with E-state index in [2.05, 4.69) is 49.5 Å². The predicted octanol–water partition coefficient (Wildman–Crippen LogP) is 2.99. The van der Waals surface area contributed by atoms with Gasteiger partial charge in [-0.25, -0.2) is 0 Å². The molecule has 0 radical (unpaired) electrons. The van der Waals surface area contributed by atoms with Gasteiger partial charge in [-0.1, -0.05) is 30.3 Å². The maximum absolute atomic E-state index is 12.5. The second-order valence-corrected chi connectivity index (χ2v) is 6.53. The first-order valence-electron chi connectivity index (χ1n) is 9.54. The number of guanidine groups is 1. The molecular formula is C21H26F2N4O2. The van der Waals surface area contributed by atoms with E-state index in [-0.39, 0.29) is 5.75 Å². The summed E-state index contributed by atoms with van der Waals surface area (Å²) in [4.78, 5) is 6.49. The molecule has 2 N–H and O–H groups in total. The molecule has 1 saturated heterocycles. The van der Waals surface area contributed by atoms with Crippen molar-refractivity contribution in [1.82, 2.24) is 10.6 Å². The Morgan fingerprint density at radius 1 is 1.07 bits per heavy atom. The van der Waals surface area contributed by atoms with E-state index < -0.39 is 6.61 Å². The van der Waals surface area contributed by atoms with Gasteiger partial charge in [-0.3, -0.25) is 4.99 Å². The SMILES string of the molecule is CN=C(NCc1ccc(N2CCOCC2)cc1)NCc1ccccc1OC(F)F. The normalized spacial score (nSPS) is 14.8. The van der Waals surface area contributed by atoms with E-state index in [4.69, 9.17) is 4.74 Å². The highest BCUT2D eigenvalue weighted by molar-refractivity contribution is 5.79. The average molecular weight is 404 g/mol. The fraction of sp³-hybridized carbons (Fsp3) is 0.381. The lowest BCUT2D eigenvalue weighted by atomic mass is 10.2. The first-order chi connectivity index (χ1) is 14.2. The van der Waals surface area contributed by atoms with Crippen molar-refractivity contribution in [3.8, 4) is 5.75 Å². The number of hydrogen-bond acceptors (Lipinski definition) is 4. The van der Waals surface area contributed by atoms with Crippen molar-refractivity contribution in [1.29, 1.82) is 0 Å². The number of hydrogen-bond donors (Lipinski definition) is 2. The molecular weight excluding hydrogens is 378 g/mol. The van der Waals surface area contributed by atoms with Crippen molar-refractivity contribution >= 4 is 11.6 Å². The Labute approximate surface area is 169 Å². The summed E-state index contributed by atoms with van der Waals surface area (Å²) in [7, 11) is 1.67. The molecule has 0 atom stereocenters. The minimum Gasteiger partial charge on any atom is -0.434 e. The van der Waals surface area contributed by atoms with Gasteiger partial charge in [0, 0.05) is 44.5 Å². The maximum Gasteiger partial charge on any atom is 0.387 e. The highest BCUT2D eigenvalue weighted by atomic mass is 19.3. The zero-order chi connectivity index (χ0) is 20.5. The van der Waals surface area contributed by atoms with Crippen LogP contribution in [-0.4, -0.2) is 45.9 Å². The summed E-state index contributed by atoms with van der Waals surface area (Å²) in [6, 6.07) is 15.1. The van der Waals surface area contributed by atoms with Gasteiger partial charge in [0.15, 0.2) is 5.96 Å². The molecule has 0 bridgehead atoms. The summed E-state index contributed by atoms with van der Waals surface area (Å²) < 4.78 is 35.0. The molecule has 0 spiro atoms. The lowest BCUT2D eigenvalue weighted by Crippen LogP contribution is -2.36. The van der Waals surface area contributed by atoms with E-state index in [1.807, 2.05) is 0 Å². The molecule has 8 heteroatoms. The summed E-state index contributed by atoms with van der Waals surface area (Å²) in [6.45, 7) is 1.40. The van der Waals surface area contributed by atoms with Crippen LogP contribution in [0.1, 0.15) is 11.1 Å². The van der Waals surface area contributed by atoms with Crippen LogP contribution < -0.4 is 20.3 Å². The Kier molecular flexibility index (Phi) is 7.63. The molecule has 0 unspecified atom stereocenters. The van der Waals surface area contributed by atoms with E-state index >= 15 is 0 Å².